The van der Waals surface area contributed by atoms with Crippen molar-refractivity contribution in [1.29, 1.82) is 0 Å². The molecular weight excluding hydrogens is 216 g/mol. The number of hydrogen-bond acceptors (Lipinski definition) is 3. The quantitative estimate of drug-likeness (QED) is 0.700. The average molecular weight is 232 g/mol. The summed E-state index contributed by atoms with van der Waals surface area (Å²) in [5.74, 6) is -0.922. The lowest BCUT2D eigenvalue weighted by Crippen LogP contribution is -2.19. The summed E-state index contributed by atoms with van der Waals surface area (Å²) in [7, 11) is 0. The van der Waals surface area contributed by atoms with Gasteiger partial charge in [-0.3, -0.25) is 9.59 Å². The normalized spacial score (nSPS) is 19.5. The average Bonchev–Trinajstić information content (AvgIpc) is 2.84. The predicted molar refractivity (Wildman–Crippen MR) is 58.1 cm³/mol. The van der Waals surface area contributed by atoms with Gasteiger partial charge in [-0.2, -0.15) is 0 Å². The maximum absolute atomic E-state index is 10.8. The summed E-state index contributed by atoms with van der Waals surface area (Å²) in [6.45, 7) is 1.84. The first-order valence-corrected chi connectivity index (χ1v) is 6.10. The van der Waals surface area contributed by atoms with Gasteiger partial charge in [0.1, 0.15) is 5.25 Å². The van der Waals surface area contributed by atoms with Crippen LogP contribution in [0.2, 0.25) is 0 Å². The second kappa shape index (κ2) is 4.88. The molecule has 0 spiro atoms. The van der Waals surface area contributed by atoms with E-state index in [9.17, 15) is 9.59 Å². The van der Waals surface area contributed by atoms with Crippen molar-refractivity contribution in [3.8, 4) is 0 Å². The van der Waals surface area contributed by atoms with Crippen LogP contribution in [0.15, 0.2) is 0 Å². The molecule has 0 saturated heterocycles. The van der Waals surface area contributed by atoms with Crippen LogP contribution in [-0.4, -0.2) is 33.2 Å². The van der Waals surface area contributed by atoms with Gasteiger partial charge in [0, 0.05) is 5.75 Å². The van der Waals surface area contributed by atoms with Crippen LogP contribution in [-0.2, 0) is 9.59 Å². The first-order valence-electron chi connectivity index (χ1n) is 5.05. The van der Waals surface area contributed by atoms with E-state index >= 15 is 0 Å². The molecule has 1 aliphatic rings. The number of thioether (sulfide) groups is 1. The summed E-state index contributed by atoms with van der Waals surface area (Å²) in [5.41, 5.74) is -0.112. The summed E-state index contributed by atoms with van der Waals surface area (Å²) in [6.07, 6.45) is 2.60. The van der Waals surface area contributed by atoms with Crippen LogP contribution in [0.1, 0.15) is 32.6 Å². The smallest absolute Gasteiger partial charge is 0.316 e. The Labute approximate surface area is 93.1 Å². The van der Waals surface area contributed by atoms with Crippen molar-refractivity contribution < 1.29 is 19.8 Å². The van der Waals surface area contributed by atoms with Crippen molar-refractivity contribution in [3.05, 3.63) is 0 Å². The molecular formula is C10H16O4S. The summed E-state index contributed by atoms with van der Waals surface area (Å²) in [5, 5.41) is 17.1. The van der Waals surface area contributed by atoms with Crippen LogP contribution < -0.4 is 0 Å². The number of carbonyl (C=O) groups is 2. The Morgan fingerprint density at radius 2 is 2.00 bits per heavy atom. The van der Waals surface area contributed by atoms with Crippen LogP contribution in [0.3, 0.4) is 0 Å². The van der Waals surface area contributed by atoms with Crippen LogP contribution in [0.5, 0.6) is 0 Å². The molecule has 1 saturated carbocycles. The van der Waals surface area contributed by atoms with Crippen LogP contribution >= 0.6 is 11.8 Å². The summed E-state index contributed by atoms with van der Waals surface area (Å²) < 4.78 is 0. The topological polar surface area (TPSA) is 74.6 Å². The van der Waals surface area contributed by atoms with Crippen molar-refractivity contribution >= 4 is 23.7 Å². The van der Waals surface area contributed by atoms with Gasteiger partial charge in [0.25, 0.3) is 0 Å². The van der Waals surface area contributed by atoms with Gasteiger partial charge >= 0.3 is 11.9 Å². The third-order valence-electron chi connectivity index (χ3n) is 2.72. The van der Waals surface area contributed by atoms with E-state index in [0.29, 0.717) is 12.2 Å². The van der Waals surface area contributed by atoms with Gasteiger partial charge in [0.2, 0.25) is 0 Å². The van der Waals surface area contributed by atoms with E-state index in [-0.39, 0.29) is 11.8 Å². The second-order valence-electron chi connectivity index (χ2n) is 4.12. The molecule has 1 unspecified atom stereocenters. The Hall–Kier alpha value is -0.710. The fraction of sp³-hybridized carbons (Fsp3) is 0.800. The van der Waals surface area contributed by atoms with E-state index < -0.39 is 17.2 Å². The van der Waals surface area contributed by atoms with Gasteiger partial charge < -0.3 is 10.2 Å². The molecule has 1 atom stereocenters. The largest absolute Gasteiger partial charge is 0.481 e. The van der Waals surface area contributed by atoms with Crippen molar-refractivity contribution in [3.63, 3.8) is 0 Å². The second-order valence-corrected chi connectivity index (χ2v) is 5.31. The monoisotopic (exact) mass is 232 g/mol. The minimum atomic E-state index is -0.798. The SMILES string of the molecule is CCC(SCC1(CC(=O)O)CC1)C(=O)O. The summed E-state index contributed by atoms with van der Waals surface area (Å²) in [4.78, 5) is 21.3. The lowest BCUT2D eigenvalue weighted by Gasteiger charge is -2.15. The highest BCUT2D eigenvalue weighted by Gasteiger charge is 2.44. The van der Waals surface area contributed by atoms with Gasteiger partial charge in [-0.1, -0.05) is 6.92 Å². The number of carboxylic acid groups (broad SMARTS) is 2. The number of rotatable bonds is 7. The van der Waals surface area contributed by atoms with E-state index in [1.807, 2.05) is 6.92 Å². The zero-order valence-corrected chi connectivity index (χ0v) is 9.55. The number of aliphatic carboxylic acids is 2. The molecule has 0 radical (unpaired) electrons. The highest BCUT2D eigenvalue weighted by molar-refractivity contribution is 8.00. The Morgan fingerprint density at radius 3 is 2.33 bits per heavy atom. The molecule has 0 aromatic carbocycles. The van der Waals surface area contributed by atoms with Crippen molar-refractivity contribution in [2.24, 2.45) is 5.41 Å². The first kappa shape index (κ1) is 12.4. The summed E-state index contributed by atoms with van der Waals surface area (Å²) in [6, 6.07) is 0. The molecule has 0 heterocycles. The minimum Gasteiger partial charge on any atom is -0.481 e. The van der Waals surface area contributed by atoms with Crippen LogP contribution in [0.25, 0.3) is 0 Å². The van der Waals surface area contributed by atoms with Crippen LogP contribution in [0, 0.1) is 5.41 Å². The Bertz CT molecular complexity index is 260. The van der Waals surface area contributed by atoms with Gasteiger partial charge in [0.15, 0.2) is 0 Å². The van der Waals surface area contributed by atoms with E-state index in [1.165, 1.54) is 11.8 Å². The van der Waals surface area contributed by atoms with E-state index in [4.69, 9.17) is 10.2 Å². The van der Waals surface area contributed by atoms with Gasteiger partial charge in [-0.05, 0) is 24.7 Å². The molecule has 15 heavy (non-hydrogen) atoms. The Morgan fingerprint density at radius 1 is 1.40 bits per heavy atom. The van der Waals surface area contributed by atoms with E-state index in [2.05, 4.69) is 0 Å². The number of hydrogen-bond donors (Lipinski definition) is 2. The highest BCUT2D eigenvalue weighted by Crippen LogP contribution is 2.51. The Kier molecular flexibility index (Phi) is 4.02. The third kappa shape index (κ3) is 3.74. The molecule has 2 N–H and O–H groups in total. The fourth-order valence-electron chi connectivity index (χ4n) is 1.51. The molecule has 1 fully saturated rings. The molecule has 0 aromatic rings. The molecule has 0 bridgehead atoms. The van der Waals surface area contributed by atoms with Gasteiger partial charge in [-0.25, -0.2) is 0 Å². The molecule has 0 amide bonds. The molecule has 1 rings (SSSR count). The van der Waals surface area contributed by atoms with Crippen molar-refractivity contribution in [2.75, 3.05) is 5.75 Å². The van der Waals surface area contributed by atoms with Crippen molar-refractivity contribution in [2.45, 2.75) is 37.9 Å². The standard InChI is InChI=1S/C10H16O4S/c1-2-7(9(13)14)15-6-10(3-4-10)5-8(11)12/h7H,2-6H2,1H3,(H,11,12)(H,13,14). The van der Waals surface area contributed by atoms with Crippen molar-refractivity contribution in [1.82, 2.24) is 0 Å². The zero-order valence-electron chi connectivity index (χ0n) is 8.73. The molecule has 0 aromatic heterocycles. The predicted octanol–water partition coefficient (Wildman–Crippen LogP) is 1.84. The van der Waals surface area contributed by atoms with Crippen LogP contribution in [0.4, 0.5) is 0 Å². The van der Waals surface area contributed by atoms with Gasteiger partial charge in [0.05, 0.1) is 6.42 Å². The maximum atomic E-state index is 10.8. The van der Waals surface area contributed by atoms with E-state index in [0.717, 1.165) is 12.8 Å². The fourth-order valence-corrected chi connectivity index (χ4v) is 2.83. The molecule has 86 valence electrons. The third-order valence-corrected chi connectivity index (χ3v) is 4.44. The zero-order chi connectivity index (χ0) is 11.5. The molecule has 5 heteroatoms. The maximum Gasteiger partial charge on any atom is 0.316 e. The number of carboxylic acids is 2. The first-order chi connectivity index (χ1) is 6.99. The Balaban J connectivity index is 2.35. The molecule has 4 nitrogen and oxygen atoms in total. The van der Waals surface area contributed by atoms with Gasteiger partial charge in [-0.15, -0.1) is 11.8 Å². The minimum absolute atomic E-state index is 0.112. The highest BCUT2D eigenvalue weighted by atomic mass is 32.2. The lowest BCUT2D eigenvalue weighted by molar-refractivity contribution is -0.138. The molecule has 1 aliphatic carbocycles. The lowest BCUT2D eigenvalue weighted by atomic mass is 10.1. The molecule has 0 aliphatic heterocycles. The van der Waals surface area contributed by atoms with E-state index in [1.54, 1.807) is 0 Å². The summed E-state index contributed by atoms with van der Waals surface area (Å²) >= 11 is 1.38.